The predicted molar refractivity (Wildman–Crippen MR) is 72.0 cm³/mol. The number of nitrogens with zero attached hydrogens (tertiary/aromatic N) is 1. The second kappa shape index (κ2) is 5.79. The van der Waals surface area contributed by atoms with Gasteiger partial charge in [-0.05, 0) is 12.5 Å². The third-order valence-electron chi connectivity index (χ3n) is 3.81. The topological polar surface area (TPSA) is 98.9 Å². The van der Waals surface area contributed by atoms with E-state index in [9.17, 15) is 20.0 Å². The van der Waals surface area contributed by atoms with E-state index in [0.29, 0.717) is 5.56 Å². The fraction of sp³-hybridized carbons (Fsp3) is 0.500. The summed E-state index contributed by atoms with van der Waals surface area (Å²) >= 11 is 0. The number of carbonyl (C=O) groups excluding carboxylic acids is 1. The van der Waals surface area contributed by atoms with E-state index in [0.717, 1.165) is 0 Å². The molecular formula is C14H17NO6. The highest BCUT2D eigenvalue weighted by Crippen LogP contribution is 2.42. The normalized spacial score (nSPS) is 32.4. The number of aliphatic hydroxyl groups is 1. The molecule has 1 aromatic rings. The summed E-state index contributed by atoms with van der Waals surface area (Å²) in [7, 11) is 1.18. The molecular weight excluding hydrogens is 278 g/mol. The van der Waals surface area contributed by atoms with Crippen molar-refractivity contribution in [1.82, 2.24) is 0 Å². The summed E-state index contributed by atoms with van der Waals surface area (Å²) in [5.74, 6) is -4.55. The van der Waals surface area contributed by atoms with Crippen molar-refractivity contribution in [2.45, 2.75) is 24.7 Å². The number of carbonyl (C=O) groups is 1. The number of benzene rings is 1. The maximum Gasteiger partial charge on any atom is 0.315 e. The summed E-state index contributed by atoms with van der Waals surface area (Å²) in [4.78, 5) is 22.9. The van der Waals surface area contributed by atoms with Gasteiger partial charge in [-0.2, -0.15) is 0 Å². The lowest BCUT2D eigenvalue weighted by Crippen LogP contribution is -2.56. The zero-order valence-electron chi connectivity index (χ0n) is 11.8. The maximum absolute atomic E-state index is 12.0. The molecule has 7 heteroatoms. The monoisotopic (exact) mass is 295 g/mol. The minimum absolute atomic E-state index is 0.271. The van der Waals surface area contributed by atoms with E-state index < -0.39 is 34.6 Å². The molecule has 0 amide bonds. The standard InChI is InChI=1S/C14H17NO6/c1-14(17)12(13(16)20-2)11(9-6-4-3-5-7-9)10(8-21-14)15(18)19/h3-7,10-12,17H,8H2,1-2H3/t10-,11+,12+,14+/m1/s1. The van der Waals surface area contributed by atoms with Crippen LogP contribution in [0.25, 0.3) is 0 Å². The second-order valence-electron chi connectivity index (χ2n) is 5.16. The summed E-state index contributed by atoms with van der Waals surface area (Å²) in [5.41, 5.74) is 0.596. The van der Waals surface area contributed by atoms with Crippen molar-refractivity contribution in [3.8, 4) is 0 Å². The van der Waals surface area contributed by atoms with Crippen LogP contribution in [0, 0.1) is 16.0 Å². The number of hydrogen-bond donors (Lipinski definition) is 1. The van der Waals surface area contributed by atoms with Crippen molar-refractivity contribution in [1.29, 1.82) is 0 Å². The molecule has 1 aliphatic heterocycles. The number of ether oxygens (including phenoxy) is 2. The van der Waals surface area contributed by atoms with Gasteiger partial charge in [-0.3, -0.25) is 14.9 Å². The van der Waals surface area contributed by atoms with Crippen LogP contribution < -0.4 is 0 Å². The Balaban J connectivity index is 2.52. The summed E-state index contributed by atoms with van der Waals surface area (Å²) in [6.07, 6.45) is 0. The molecule has 4 atom stereocenters. The number of nitro groups is 1. The minimum Gasteiger partial charge on any atom is -0.469 e. The van der Waals surface area contributed by atoms with Crippen molar-refractivity contribution in [2.24, 2.45) is 5.92 Å². The second-order valence-corrected chi connectivity index (χ2v) is 5.16. The van der Waals surface area contributed by atoms with Gasteiger partial charge in [0.05, 0.1) is 13.0 Å². The quantitative estimate of drug-likeness (QED) is 0.506. The highest BCUT2D eigenvalue weighted by molar-refractivity contribution is 5.75. The molecule has 1 saturated heterocycles. The van der Waals surface area contributed by atoms with Gasteiger partial charge in [0.1, 0.15) is 12.5 Å². The van der Waals surface area contributed by atoms with Gasteiger partial charge in [0.15, 0.2) is 5.79 Å². The van der Waals surface area contributed by atoms with Gasteiger partial charge >= 0.3 is 5.97 Å². The Morgan fingerprint density at radius 1 is 1.48 bits per heavy atom. The molecule has 0 radical (unpaired) electrons. The summed E-state index contributed by atoms with van der Waals surface area (Å²) in [6.45, 7) is 1.05. The highest BCUT2D eigenvalue weighted by atomic mass is 16.7. The van der Waals surface area contributed by atoms with Gasteiger partial charge in [-0.1, -0.05) is 30.3 Å². The van der Waals surface area contributed by atoms with Gasteiger partial charge < -0.3 is 14.6 Å². The average Bonchev–Trinajstić information content (AvgIpc) is 2.45. The molecule has 1 aromatic carbocycles. The Morgan fingerprint density at radius 2 is 2.10 bits per heavy atom. The van der Waals surface area contributed by atoms with E-state index in [1.807, 2.05) is 0 Å². The number of methoxy groups -OCH3 is 1. The fourth-order valence-corrected chi connectivity index (χ4v) is 2.78. The lowest BCUT2D eigenvalue weighted by molar-refractivity contribution is -0.545. The summed E-state index contributed by atoms with van der Waals surface area (Å²) < 4.78 is 9.84. The molecule has 0 spiro atoms. The van der Waals surface area contributed by atoms with E-state index in [1.165, 1.54) is 14.0 Å². The molecule has 0 aromatic heterocycles. The molecule has 2 rings (SSSR count). The number of hydrogen-bond acceptors (Lipinski definition) is 6. The van der Waals surface area contributed by atoms with Crippen molar-refractivity contribution in [3.63, 3.8) is 0 Å². The zero-order valence-corrected chi connectivity index (χ0v) is 11.8. The molecule has 114 valence electrons. The number of rotatable bonds is 3. The molecule has 0 bridgehead atoms. The van der Waals surface area contributed by atoms with Crippen LogP contribution in [0.15, 0.2) is 30.3 Å². The van der Waals surface area contributed by atoms with Crippen LogP contribution in [-0.2, 0) is 14.3 Å². The van der Waals surface area contributed by atoms with E-state index in [1.54, 1.807) is 30.3 Å². The van der Waals surface area contributed by atoms with Gasteiger partial charge in [-0.15, -0.1) is 0 Å². The molecule has 1 aliphatic rings. The first kappa shape index (κ1) is 15.4. The zero-order chi connectivity index (χ0) is 15.6. The lowest BCUT2D eigenvalue weighted by Gasteiger charge is -2.41. The molecule has 0 aliphatic carbocycles. The third-order valence-corrected chi connectivity index (χ3v) is 3.81. The number of esters is 1. The highest BCUT2D eigenvalue weighted by Gasteiger charge is 2.56. The fourth-order valence-electron chi connectivity index (χ4n) is 2.78. The van der Waals surface area contributed by atoms with Gasteiger partial charge in [0.25, 0.3) is 0 Å². The van der Waals surface area contributed by atoms with E-state index in [-0.39, 0.29) is 6.61 Å². The van der Waals surface area contributed by atoms with Crippen LogP contribution in [0.4, 0.5) is 0 Å². The first-order valence-electron chi connectivity index (χ1n) is 6.51. The summed E-state index contributed by atoms with van der Waals surface area (Å²) in [6, 6.07) is 7.49. The Hall–Kier alpha value is -1.99. The Morgan fingerprint density at radius 3 is 2.62 bits per heavy atom. The molecule has 1 N–H and O–H groups in total. The summed E-state index contributed by atoms with van der Waals surface area (Å²) in [5, 5.41) is 21.6. The molecule has 7 nitrogen and oxygen atoms in total. The third kappa shape index (κ3) is 2.88. The predicted octanol–water partition coefficient (Wildman–Crippen LogP) is 0.943. The van der Waals surface area contributed by atoms with Crippen molar-refractivity contribution in [2.75, 3.05) is 13.7 Å². The van der Waals surface area contributed by atoms with Crippen LogP contribution in [-0.4, -0.2) is 41.5 Å². The van der Waals surface area contributed by atoms with Crippen LogP contribution in [0.5, 0.6) is 0 Å². The van der Waals surface area contributed by atoms with Crippen LogP contribution in [0.3, 0.4) is 0 Å². The van der Waals surface area contributed by atoms with E-state index in [4.69, 9.17) is 9.47 Å². The van der Waals surface area contributed by atoms with E-state index >= 15 is 0 Å². The maximum atomic E-state index is 12.0. The molecule has 21 heavy (non-hydrogen) atoms. The van der Waals surface area contributed by atoms with Crippen molar-refractivity contribution < 1.29 is 24.3 Å². The van der Waals surface area contributed by atoms with Crippen molar-refractivity contribution in [3.05, 3.63) is 46.0 Å². The molecule has 0 unspecified atom stereocenters. The minimum atomic E-state index is -1.82. The van der Waals surface area contributed by atoms with Gasteiger partial charge in [0, 0.05) is 4.92 Å². The van der Waals surface area contributed by atoms with Gasteiger partial charge in [0.2, 0.25) is 6.04 Å². The Labute approximate surface area is 121 Å². The first-order valence-corrected chi connectivity index (χ1v) is 6.51. The van der Waals surface area contributed by atoms with E-state index in [2.05, 4.69) is 0 Å². The molecule has 0 saturated carbocycles. The smallest absolute Gasteiger partial charge is 0.315 e. The first-order chi connectivity index (χ1) is 9.88. The lowest BCUT2D eigenvalue weighted by atomic mass is 9.75. The van der Waals surface area contributed by atoms with Crippen LogP contribution in [0.1, 0.15) is 18.4 Å². The Bertz CT molecular complexity index is 530. The average molecular weight is 295 g/mol. The molecule has 1 heterocycles. The SMILES string of the molecule is COC(=O)[C@@H]1[C@@H](c2ccccc2)[C@H]([N+](=O)[O-])CO[C@]1(C)O. The van der Waals surface area contributed by atoms with Gasteiger partial charge in [-0.25, -0.2) is 0 Å². The van der Waals surface area contributed by atoms with Crippen LogP contribution >= 0.6 is 0 Å². The molecule has 1 fully saturated rings. The Kier molecular flexibility index (Phi) is 4.24. The van der Waals surface area contributed by atoms with Crippen molar-refractivity contribution >= 4 is 5.97 Å². The largest absolute Gasteiger partial charge is 0.469 e. The van der Waals surface area contributed by atoms with Crippen LogP contribution in [0.2, 0.25) is 0 Å².